The van der Waals surface area contributed by atoms with E-state index >= 15 is 0 Å². The first-order chi connectivity index (χ1) is 10.1. The largest absolute Gasteiger partial charge is 0.497 e. The van der Waals surface area contributed by atoms with Crippen molar-refractivity contribution >= 4 is 5.78 Å². The zero-order valence-electron chi connectivity index (χ0n) is 12.8. The number of allylic oxidation sites excluding steroid dienone is 2. The molecule has 0 heterocycles. The summed E-state index contributed by atoms with van der Waals surface area (Å²) in [6.45, 7) is 2.20. The molecule has 2 heteroatoms. The summed E-state index contributed by atoms with van der Waals surface area (Å²) in [5.74, 6) is 2.46. The fraction of sp³-hybridized carbons (Fsp3) is 0.526. The van der Waals surface area contributed by atoms with E-state index < -0.39 is 0 Å². The van der Waals surface area contributed by atoms with Gasteiger partial charge in [-0.15, -0.1) is 0 Å². The van der Waals surface area contributed by atoms with Gasteiger partial charge in [0.1, 0.15) is 11.5 Å². The number of Topliss-reactive ketones (excluding diaryl/α,β-unsaturated/α-hetero) is 1. The molecule has 2 nitrogen and oxygen atoms in total. The lowest BCUT2D eigenvalue weighted by atomic mass is 9.60. The maximum atomic E-state index is 12.3. The number of rotatable bonds is 1. The summed E-state index contributed by atoms with van der Waals surface area (Å²) in [6, 6.07) is 6.50. The average molecular weight is 282 g/mol. The van der Waals surface area contributed by atoms with Gasteiger partial charge in [-0.25, -0.2) is 0 Å². The predicted octanol–water partition coefficient (Wildman–Crippen LogP) is 4.04. The van der Waals surface area contributed by atoms with Gasteiger partial charge in [-0.2, -0.15) is 0 Å². The van der Waals surface area contributed by atoms with Gasteiger partial charge in [0.05, 0.1) is 7.11 Å². The number of hydrogen-bond donors (Lipinski definition) is 0. The molecule has 0 aliphatic heterocycles. The first-order valence-electron chi connectivity index (χ1n) is 8.03. The van der Waals surface area contributed by atoms with Crippen LogP contribution < -0.4 is 4.74 Å². The third-order valence-electron chi connectivity index (χ3n) is 6.11. The van der Waals surface area contributed by atoms with Gasteiger partial charge in [-0.1, -0.05) is 24.6 Å². The van der Waals surface area contributed by atoms with Crippen LogP contribution in [0.2, 0.25) is 0 Å². The highest BCUT2D eigenvalue weighted by Gasteiger charge is 2.52. The van der Waals surface area contributed by atoms with Crippen LogP contribution in [-0.2, 0) is 11.2 Å². The highest BCUT2D eigenvalue weighted by molar-refractivity contribution is 5.88. The highest BCUT2D eigenvalue weighted by atomic mass is 16.5. The maximum Gasteiger partial charge on any atom is 0.139 e. The Balaban J connectivity index is 1.74. The molecule has 21 heavy (non-hydrogen) atoms. The Morgan fingerprint density at radius 1 is 1.29 bits per heavy atom. The number of benzene rings is 1. The van der Waals surface area contributed by atoms with Gasteiger partial charge >= 0.3 is 0 Å². The van der Waals surface area contributed by atoms with E-state index in [4.69, 9.17) is 4.74 Å². The molecule has 0 spiro atoms. The molecular weight excluding hydrogens is 260 g/mol. The van der Waals surface area contributed by atoms with Gasteiger partial charge in [0.2, 0.25) is 0 Å². The number of methoxy groups -OCH3 is 1. The number of ether oxygens (including phenoxy) is 1. The zero-order chi connectivity index (χ0) is 14.6. The molecule has 0 bridgehead atoms. The summed E-state index contributed by atoms with van der Waals surface area (Å²) in [5.41, 5.74) is 4.34. The summed E-state index contributed by atoms with van der Waals surface area (Å²) < 4.78 is 5.35. The van der Waals surface area contributed by atoms with Crippen LogP contribution in [0.1, 0.15) is 49.7 Å². The second-order valence-corrected chi connectivity index (χ2v) is 7.00. The Labute approximate surface area is 126 Å². The molecule has 0 radical (unpaired) electrons. The SMILES string of the molecule is COc1ccc2c(c1)CC=C1[C@H]2CC[C@]2(C)C(=O)CC[C@@H]12. The summed E-state index contributed by atoms with van der Waals surface area (Å²) in [7, 11) is 1.72. The summed E-state index contributed by atoms with van der Waals surface area (Å²) >= 11 is 0. The number of ketones is 1. The van der Waals surface area contributed by atoms with Crippen LogP contribution in [0, 0.1) is 11.3 Å². The van der Waals surface area contributed by atoms with Crippen LogP contribution in [0.15, 0.2) is 29.8 Å². The second kappa shape index (κ2) is 4.46. The Morgan fingerprint density at radius 2 is 2.14 bits per heavy atom. The third-order valence-corrected chi connectivity index (χ3v) is 6.11. The van der Waals surface area contributed by atoms with E-state index in [1.165, 1.54) is 11.1 Å². The summed E-state index contributed by atoms with van der Waals surface area (Å²) in [5, 5.41) is 0. The Morgan fingerprint density at radius 3 is 2.95 bits per heavy atom. The zero-order valence-corrected chi connectivity index (χ0v) is 12.8. The third kappa shape index (κ3) is 1.74. The standard InChI is InChI=1S/C19H22O2/c1-19-10-9-15-14-6-4-13(21-2)11-12(14)3-5-16(15)17(19)7-8-18(19)20/h4-6,11,15,17H,3,7-10H2,1-2H3/t15-,17-,19-/m0/s1. The van der Waals surface area contributed by atoms with Gasteiger partial charge in [0.15, 0.2) is 0 Å². The van der Waals surface area contributed by atoms with Gasteiger partial charge in [0.25, 0.3) is 0 Å². The van der Waals surface area contributed by atoms with Crippen LogP contribution in [0.4, 0.5) is 0 Å². The predicted molar refractivity (Wildman–Crippen MR) is 82.6 cm³/mol. The topological polar surface area (TPSA) is 26.3 Å². The Kier molecular flexibility index (Phi) is 2.79. The van der Waals surface area contributed by atoms with Crippen molar-refractivity contribution in [1.29, 1.82) is 0 Å². The van der Waals surface area contributed by atoms with Crippen molar-refractivity contribution in [3.63, 3.8) is 0 Å². The summed E-state index contributed by atoms with van der Waals surface area (Å²) in [6.07, 6.45) is 7.39. The molecule has 0 N–H and O–H groups in total. The molecule has 2 saturated carbocycles. The molecule has 0 saturated heterocycles. The molecule has 0 amide bonds. The van der Waals surface area contributed by atoms with E-state index in [-0.39, 0.29) is 5.41 Å². The molecule has 0 unspecified atom stereocenters. The van der Waals surface area contributed by atoms with Crippen LogP contribution in [0.3, 0.4) is 0 Å². The van der Waals surface area contributed by atoms with Crippen molar-refractivity contribution in [3.8, 4) is 5.75 Å². The lowest BCUT2D eigenvalue weighted by Crippen LogP contribution is -2.37. The Hall–Kier alpha value is -1.57. The van der Waals surface area contributed by atoms with Gasteiger partial charge in [-0.05, 0) is 54.9 Å². The van der Waals surface area contributed by atoms with E-state index in [9.17, 15) is 4.79 Å². The van der Waals surface area contributed by atoms with Crippen LogP contribution in [0.25, 0.3) is 0 Å². The van der Waals surface area contributed by atoms with Crippen molar-refractivity contribution in [2.45, 2.75) is 44.9 Å². The van der Waals surface area contributed by atoms with E-state index in [0.717, 1.165) is 37.9 Å². The van der Waals surface area contributed by atoms with E-state index in [0.29, 0.717) is 17.6 Å². The van der Waals surface area contributed by atoms with Gasteiger partial charge < -0.3 is 4.74 Å². The molecule has 2 fully saturated rings. The quantitative estimate of drug-likeness (QED) is 0.727. The van der Waals surface area contributed by atoms with Crippen molar-refractivity contribution in [3.05, 3.63) is 41.0 Å². The van der Waals surface area contributed by atoms with Crippen molar-refractivity contribution < 1.29 is 9.53 Å². The van der Waals surface area contributed by atoms with Gasteiger partial charge in [-0.3, -0.25) is 4.79 Å². The van der Waals surface area contributed by atoms with Gasteiger partial charge in [0, 0.05) is 17.8 Å². The number of hydrogen-bond acceptors (Lipinski definition) is 2. The minimum atomic E-state index is -0.0771. The monoisotopic (exact) mass is 282 g/mol. The lowest BCUT2D eigenvalue weighted by Gasteiger charge is -2.43. The van der Waals surface area contributed by atoms with Crippen molar-refractivity contribution in [1.82, 2.24) is 0 Å². The first kappa shape index (κ1) is 13.1. The second-order valence-electron chi connectivity index (χ2n) is 7.00. The normalized spacial score (nSPS) is 33.8. The minimum absolute atomic E-state index is 0.0771. The summed E-state index contributed by atoms with van der Waals surface area (Å²) in [4.78, 5) is 12.3. The molecule has 1 aromatic rings. The maximum absolute atomic E-state index is 12.3. The molecule has 3 aliphatic carbocycles. The van der Waals surface area contributed by atoms with Crippen LogP contribution >= 0.6 is 0 Å². The van der Waals surface area contributed by atoms with E-state index in [1.54, 1.807) is 12.7 Å². The van der Waals surface area contributed by atoms with Crippen LogP contribution in [0.5, 0.6) is 5.75 Å². The van der Waals surface area contributed by atoms with Crippen LogP contribution in [-0.4, -0.2) is 12.9 Å². The van der Waals surface area contributed by atoms with Crippen molar-refractivity contribution in [2.75, 3.05) is 7.11 Å². The Bertz CT molecular complexity index is 643. The molecule has 0 aromatic heterocycles. The molecule has 1 aromatic carbocycles. The van der Waals surface area contributed by atoms with E-state index in [2.05, 4.69) is 31.2 Å². The molecule has 110 valence electrons. The van der Waals surface area contributed by atoms with Crippen molar-refractivity contribution in [2.24, 2.45) is 11.3 Å². The minimum Gasteiger partial charge on any atom is -0.497 e. The average Bonchev–Trinajstić information content (AvgIpc) is 2.82. The number of carbonyl (C=O) groups excluding carboxylic acids is 1. The fourth-order valence-corrected chi connectivity index (χ4v) is 4.85. The fourth-order valence-electron chi connectivity index (χ4n) is 4.85. The lowest BCUT2D eigenvalue weighted by molar-refractivity contribution is -0.126. The number of carbonyl (C=O) groups is 1. The molecule has 3 aliphatic rings. The van der Waals surface area contributed by atoms with E-state index in [1.807, 2.05) is 0 Å². The molecule has 3 atom stereocenters. The number of fused-ring (bicyclic) bond motifs is 5. The smallest absolute Gasteiger partial charge is 0.139 e. The first-order valence-corrected chi connectivity index (χ1v) is 8.03. The highest BCUT2D eigenvalue weighted by Crippen LogP contribution is 2.57. The molecular formula is C19H22O2. The molecule has 4 rings (SSSR count).